The fourth-order valence-electron chi connectivity index (χ4n) is 2.93. The highest BCUT2D eigenvalue weighted by molar-refractivity contribution is 7.90. The second-order valence-corrected chi connectivity index (χ2v) is 8.23. The lowest BCUT2D eigenvalue weighted by atomic mass is 10.2. The number of carbonyl (C=O) groups is 2. The average Bonchev–Trinajstić information content (AvgIpc) is 2.97. The molecule has 0 spiro atoms. The van der Waals surface area contributed by atoms with E-state index in [-0.39, 0.29) is 16.6 Å². The van der Waals surface area contributed by atoms with Crippen LogP contribution in [0.2, 0.25) is 0 Å². The number of ether oxygens (including phenoxy) is 1. The summed E-state index contributed by atoms with van der Waals surface area (Å²) in [6.45, 7) is 1.47. The van der Waals surface area contributed by atoms with E-state index >= 15 is 0 Å². The molecule has 2 aromatic carbocycles. The normalized spacial score (nSPS) is 16.6. The van der Waals surface area contributed by atoms with E-state index in [9.17, 15) is 18.0 Å². The van der Waals surface area contributed by atoms with Crippen molar-refractivity contribution in [3.63, 3.8) is 0 Å². The van der Waals surface area contributed by atoms with Gasteiger partial charge >= 0.3 is 5.97 Å². The number of aliphatic imine (C=N–C) groups is 1. The molecule has 3 rings (SSSR count). The molecule has 0 bridgehead atoms. The Bertz CT molecular complexity index is 1050. The number of hydrogen-bond acceptors (Lipinski definition) is 6. The summed E-state index contributed by atoms with van der Waals surface area (Å²) in [6, 6.07) is 15.8. The molecular weight excluding hydrogens is 394 g/mol. The van der Waals surface area contributed by atoms with Gasteiger partial charge in [-0.05, 0) is 24.6 Å². The first-order valence-electron chi connectivity index (χ1n) is 8.93. The number of nitrogens with zero attached hydrogens (tertiary/aromatic N) is 2. The van der Waals surface area contributed by atoms with E-state index in [4.69, 9.17) is 4.74 Å². The number of rotatable bonds is 6. The topological polar surface area (TPSA) is 105 Å². The summed E-state index contributed by atoms with van der Waals surface area (Å²) in [5, 5.41) is 0. The van der Waals surface area contributed by atoms with Gasteiger partial charge in [-0.3, -0.25) is 19.3 Å². The Morgan fingerprint density at radius 3 is 2.48 bits per heavy atom. The van der Waals surface area contributed by atoms with Gasteiger partial charge < -0.3 is 9.64 Å². The van der Waals surface area contributed by atoms with Crippen LogP contribution in [0.25, 0.3) is 0 Å². The van der Waals surface area contributed by atoms with Crippen LogP contribution in [-0.4, -0.2) is 50.7 Å². The van der Waals surface area contributed by atoms with E-state index in [0.29, 0.717) is 12.1 Å². The van der Waals surface area contributed by atoms with Crippen molar-refractivity contribution in [3.05, 3.63) is 65.7 Å². The molecule has 0 fully saturated rings. The van der Waals surface area contributed by atoms with E-state index in [1.54, 1.807) is 25.2 Å². The van der Waals surface area contributed by atoms with Crippen molar-refractivity contribution in [1.29, 1.82) is 0 Å². The number of amides is 1. The highest BCUT2D eigenvalue weighted by atomic mass is 32.2. The summed E-state index contributed by atoms with van der Waals surface area (Å²) in [5.41, 5.74) is 1.35. The number of fused-ring (bicyclic) bond motifs is 1. The summed E-state index contributed by atoms with van der Waals surface area (Å²) in [7, 11) is -2.04. The van der Waals surface area contributed by atoms with Gasteiger partial charge in [-0.1, -0.05) is 42.5 Å². The Hall–Kier alpha value is -3.20. The number of nitrogens with one attached hydrogen (secondary N) is 1. The first-order valence-corrected chi connectivity index (χ1v) is 10.4. The molecule has 9 heteroatoms. The lowest BCUT2D eigenvalue weighted by Gasteiger charge is -2.21. The van der Waals surface area contributed by atoms with Gasteiger partial charge in [0.25, 0.3) is 15.9 Å². The summed E-state index contributed by atoms with van der Waals surface area (Å²) in [5.74, 6) is -0.991. The second-order valence-electron chi connectivity index (χ2n) is 6.58. The zero-order valence-electron chi connectivity index (χ0n) is 16.0. The Kier molecular flexibility index (Phi) is 5.97. The van der Waals surface area contributed by atoms with E-state index < -0.39 is 28.6 Å². The standard InChI is InChI=1S/C20H21N3O5S/c1-14(20(25)23(2)13-15-8-4-3-5-9-15)28-18(24)12-21-19-16-10-6-7-11-17(16)29(26,27)22-19/h3-11,14H,12-13H2,1-2H3,(H,21,22)/t14-/m0/s1. The molecule has 2 aromatic rings. The van der Waals surface area contributed by atoms with E-state index in [2.05, 4.69) is 9.71 Å². The molecular formula is C20H21N3O5S. The van der Waals surface area contributed by atoms with Crippen LogP contribution in [0.4, 0.5) is 0 Å². The number of carbonyl (C=O) groups excluding carboxylic acids is 2. The van der Waals surface area contributed by atoms with Gasteiger partial charge in [-0.15, -0.1) is 0 Å². The highest BCUT2D eigenvalue weighted by Crippen LogP contribution is 2.22. The van der Waals surface area contributed by atoms with Crippen molar-refractivity contribution in [3.8, 4) is 0 Å². The van der Waals surface area contributed by atoms with E-state index in [1.165, 1.54) is 17.9 Å². The lowest BCUT2D eigenvalue weighted by molar-refractivity contribution is -0.157. The van der Waals surface area contributed by atoms with E-state index in [1.807, 2.05) is 30.3 Å². The van der Waals surface area contributed by atoms with Gasteiger partial charge in [0.05, 0.1) is 4.90 Å². The molecule has 8 nitrogen and oxygen atoms in total. The summed E-state index contributed by atoms with van der Waals surface area (Å²) in [6.07, 6.45) is -0.982. The SMILES string of the molecule is C[C@H](OC(=O)CN=C1NS(=O)(=O)c2ccccc21)C(=O)N(C)Cc1ccccc1. The first-order chi connectivity index (χ1) is 13.8. The fourth-order valence-corrected chi connectivity index (χ4v) is 4.18. The molecule has 1 N–H and O–H groups in total. The summed E-state index contributed by atoms with van der Waals surface area (Å²) in [4.78, 5) is 30.1. The number of benzene rings is 2. The molecule has 0 unspecified atom stereocenters. The van der Waals surface area contributed by atoms with Crippen LogP contribution in [0.15, 0.2) is 64.5 Å². The first kappa shape index (κ1) is 20.5. The van der Waals surface area contributed by atoms with Crippen LogP contribution in [0.5, 0.6) is 0 Å². The van der Waals surface area contributed by atoms with Gasteiger partial charge in [0, 0.05) is 19.2 Å². The molecule has 0 aliphatic carbocycles. The molecule has 1 amide bonds. The van der Waals surface area contributed by atoms with Gasteiger partial charge in [-0.2, -0.15) is 0 Å². The molecule has 0 radical (unpaired) electrons. The molecule has 0 saturated carbocycles. The van der Waals surface area contributed by atoms with Crippen LogP contribution in [0, 0.1) is 0 Å². The maximum Gasteiger partial charge on any atom is 0.328 e. The molecule has 1 aliphatic rings. The monoisotopic (exact) mass is 415 g/mol. The van der Waals surface area contributed by atoms with Crippen molar-refractivity contribution >= 4 is 27.7 Å². The maximum absolute atomic E-state index is 12.4. The summed E-state index contributed by atoms with van der Waals surface area (Å²) < 4.78 is 31.6. The smallest absolute Gasteiger partial charge is 0.328 e. The van der Waals surface area contributed by atoms with Crippen LogP contribution in [0.3, 0.4) is 0 Å². The average molecular weight is 415 g/mol. The maximum atomic E-state index is 12.4. The highest BCUT2D eigenvalue weighted by Gasteiger charge is 2.30. The number of esters is 1. The fraction of sp³-hybridized carbons (Fsp3) is 0.250. The lowest BCUT2D eigenvalue weighted by Crippen LogP contribution is -2.37. The molecule has 1 aliphatic heterocycles. The predicted molar refractivity (Wildman–Crippen MR) is 107 cm³/mol. The predicted octanol–water partition coefficient (Wildman–Crippen LogP) is 1.32. The Labute approximate surface area is 169 Å². The quantitative estimate of drug-likeness (QED) is 0.717. The van der Waals surface area contributed by atoms with Gasteiger partial charge in [0.2, 0.25) is 0 Å². The molecule has 29 heavy (non-hydrogen) atoms. The van der Waals surface area contributed by atoms with Gasteiger partial charge in [0.1, 0.15) is 12.4 Å². The number of likely N-dealkylation sites (N-methyl/N-ethyl adjacent to an activating group) is 1. The van der Waals surface area contributed by atoms with Crippen LogP contribution >= 0.6 is 0 Å². The largest absolute Gasteiger partial charge is 0.451 e. The number of sulfonamides is 1. The minimum Gasteiger partial charge on any atom is -0.451 e. The Balaban J connectivity index is 1.58. The molecule has 0 saturated heterocycles. The van der Waals surface area contributed by atoms with E-state index in [0.717, 1.165) is 5.56 Å². The Morgan fingerprint density at radius 1 is 1.10 bits per heavy atom. The minimum absolute atomic E-state index is 0.0812. The van der Waals surface area contributed by atoms with Crippen LogP contribution < -0.4 is 4.72 Å². The zero-order chi connectivity index (χ0) is 21.0. The second kappa shape index (κ2) is 8.44. The zero-order valence-corrected chi connectivity index (χ0v) is 16.8. The molecule has 0 aromatic heterocycles. The Morgan fingerprint density at radius 2 is 1.76 bits per heavy atom. The summed E-state index contributed by atoms with van der Waals surface area (Å²) >= 11 is 0. The van der Waals surface area contributed by atoms with Crippen LogP contribution in [0.1, 0.15) is 18.1 Å². The third-order valence-corrected chi connectivity index (χ3v) is 5.72. The molecule has 1 atom stereocenters. The number of amidine groups is 1. The van der Waals surface area contributed by atoms with Crippen molar-refractivity contribution in [2.45, 2.75) is 24.5 Å². The molecule has 1 heterocycles. The van der Waals surface area contributed by atoms with Crippen molar-refractivity contribution in [2.75, 3.05) is 13.6 Å². The third kappa shape index (κ3) is 4.80. The van der Waals surface area contributed by atoms with Gasteiger partial charge in [-0.25, -0.2) is 8.42 Å². The van der Waals surface area contributed by atoms with Crippen LogP contribution in [-0.2, 0) is 30.9 Å². The van der Waals surface area contributed by atoms with Crippen molar-refractivity contribution in [1.82, 2.24) is 9.62 Å². The van der Waals surface area contributed by atoms with Crippen molar-refractivity contribution in [2.24, 2.45) is 4.99 Å². The van der Waals surface area contributed by atoms with Gasteiger partial charge in [0.15, 0.2) is 6.10 Å². The van der Waals surface area contributed by atoms with Crippen molar-refractivity contribution < 1.29 is 22.7 Å². The molecule has 152 valence electrons. The number of hydrogen-bond donors (Lipinski definition) is 1. The third-order valence-electron chi connectivity index (χ3n) is 4.32. The minimum atomic E-state index is -3.67.